The van der Waals surface area contributed by atoms with Gasteiger partial charge in [-0.25, -0.2) is 4.98 Å². The molecule has 0 saturated carbocycles. The number of hydrogen-bond donors (Lipinski definition) is 1. The second-order valence-corrected chi connectivity index (χ2v) is 6.01. The standard InChI is InChI=1S/C13H10BrCl2N3O2/c1-7(10-3-2-8(15)4-12(10)16)18-13-11(14)5-9(6-17-13)19(20)21/h2-7H,1H3,(H,17,18). The SMILES string of the molecule is CC(Nc1ncc([N+](=O)[O-])cc1Br)c1ccc(Cl)cc1Cl. The molecule has 2 aromatic rings. The Morgan fingerprint density at radius 3 is 2.67 bits per heavy atom. The Morgan fingerprint density at radius 1 is 1.38 bits per heavy atom. The van der Waals surface area contributed by atoms with Crippen LogP contribution in [0.5, 0.6) is 0 Å². The molecule has 2 rings (SSSR count). The molecule has 0 aliphatic heterocycles. The Labute approximate surface area is 139 Å². The first-order valence-electron chi connectivity index (χ1n) is 5.90. The molecule has 1 N–H and O–H groups in total. The van der Waals surface area contributed by atoms with Crippen molar-refractivity contribution >= 4 is 50.6 Å². The molecule has 0 bridgehead atoms. The van der Waals surface area contributed by atoms with E-state index in [9.17, 15) is 10.1 Å². The first kappa shape index (κ1) is 16.0. The molecule has 21 heavy (non-hydrogen) atoms. The maximum atomic E-state index is 10.7. The van der Waals surface area contributed by atoms with E-state index in [1.54, 1.807) is 12.1 Å². The van der Waals surface area contributed by atoms with Crippen molar-refractivity contribution in [2.24, 2.45) is 0 Å². The maximum Gasteiger partial charge on any atom is 0.288 e. The van der Waals surface area contributed by atoms with E-state index in [4.69, 9.17) is 23.2 Å². The van der Waals surface area contributed by atoms with Crippen LogP contribution >= 0.6 is 39.1 Å². The van der Waals surface area contributed by atoms with Crippen LogP contribution in [0.25, 0.3) is 0 Å². The van der Waals surface area contributed by atoms with Gasteiger partial charge in [0.2, 0.25) is 0 Å². The van der Waals surface area contributed by atoms with Gasteiger partial charge in [-0.1, -0.05) is 29.3 Å². The predicted octanol–water partition coefficient (Wildman–Crippen LogP) is 5.23. The molecule has 0 radical (unpaired) electrons. The molecular weight excluding hydrogens is 381 g/mol. The normalized spacial score (nSPS) is 12.0. The van der Waals surface area contributed by atoms with Gasteiger partial charge in [0.1, 0.15) is 12.0 Å². The largest absolute Gasteiger partial charge is 0.363 e. The lowest BCUT2D eigenvalue weighted by Gasteiger charge is -2.17. The summed E-state index contributed by atoms with van der Waals surface area (Å²) in [6.45, 7) is 1.91. The molecule has 0 fully saturated rings. The Kier molecular flexibility index (Phi) is 5.03. The minimum atomic E-state index is -0.499. The van der Waals surface area contributed by atoms with Gasteiger partial charge in [0.15, 0.2) is 0 Å². The van der Waals surface area contributed by atoms with Crippen LogP contribution in [-0.4, -0.2) is 9.91 Å². The van der Waals surface area contributed by atoms with Crippen molar-refractivity contribution in [3.8, 4) is 0 Å². The van der Waals surface area contributed by atoms with Gasteiger partial charge in [-0.05, 0) is 40.5 Å². The van der Waals surface area contributed by atoms with Crippen molar-refractivity contribution in [3.05, 3.63) is 60.7 Å². The quantitative estimate of drug-likeness (QED) is 0.573. The second-order valence-electron chi connectivity index (χ2n) is 4.31. The number of benzene rings is 1. The first-order valence-corrected chi connectivity index (χ1v) is 7.45. The van der Waals surface area contributed by atoms with Gasteiger partial charge < -0.3 is 5.32 Å². The number of nitro groups is 1. The highest BCUT2D eigenvalue weighted by Gasteiger charge is 2.15. The number of hydrogen-bond acceptors (Lipinski definition) is 4. The van der Waals surface area contributed by atoms with Crippen molar-refractivity contribution in [3.63, 3.8) is 0 Å². The summed E-state index contributed by atoms with van der Waals surface area (Å²) in [5.41, 5.74) is 0.776. The lowest BCUT2D eigenvalue weighted by Crippen LogP contribution is -2.09. The fourth-order valence-electron chi connectivity index (χ4n) is 1.77. The third-order valence-electron chi connectivity index (χ3n) is 2.82. The fraction of sp³-hybridized carbons (Fsp3) is 0.154. The number of rotatable bonds is 4. The molecule has 0 aliphatic rings. The van der Waals surface area contributed by atoms with E-state index in [1.807, 2.05) is 13.0 Å². The molecular formula is C13H10BrCl2N3O2. The molecule has 1 heterocycles. The van der Waals surface area contributed by atoms with Crippen LogP contribution in [0.3, 0.4) is 0 Å². The Bertz CT molecular complexity index is 697. The van der Waals surface area contributed by atoms with Crippen LogP contribution in [0.1, 0.15) is 18.5 Å². The molecule has 5 nitrogen and oxygen atoms in total. The average Bonchev–Trinajstić information content (AvgIpc) is 2.40. The van der Waals surface area contributed by atoms with Gasteiger partial charge in [0, 0.05) is 16.1 Å². The molecule has 0 spiro atoms. The van der Waals surface area contributed by atoms with Gasteiger partial charge in [-0.2, -0.15) is 0 Å². The van der Waals surface area contributed by atoms with Gasteiger partial charge in [0.05, 0.1) is 15.4 Å². The zero-order valence-electron chi connectivity index (χ0n) is 10.8. The molecule has 8 heteroatoms. The summed E-state index contributed by atoms with van der Waals surface area (Å²) in [6, 6.07) is 6.49. The molecule has 1 aromatic heterocycles. The van der Waals surface area contributed by atoms with E-state index in [2.05, 4.69) is 26.2 Å². The predicted molar refractivity (Wildman–Crippen MR) is 87.1 cm³/mol. The van der Waals surface area contributed by atoms with Crippen molar-refractivity contribution in [1.29, 1.82) is 0 Å². The van der Waals surface area contributed by atoms with E-state index in [-0.39, 0.29) is 11.7 Å². The van der Waals surface area contributed by atoms with Gasteiger partial charge in [-0.15, -0.1) is 0 Å². The zero-order chi connectivity index (χ0) is 15.6. The van der Waals surface area contributed by atoms with E-state index in [0.29, 0.717) is 20.3 Å². The van der Waals surface area contributed by atoms with E-state index in [1.165, 1.54) is 12.3 Å². The lowest BCUT2D eigenvalue weighted by atomic mass is 10.1. The number of halogens is 3. The smallest absolute Gasteiger partial charge is 0.288 e. The van der Waals surface area contributed by atoms with Gasteiger partial charge >= 0.3 is 0 Å². The van der Waals surface area contributed by atoms with Crippen molar-refractivity contribution in [2.45, 2.75) is 13.0 Å². The van der Waals surface area contributed by atoms with Crippen LogP contribution in [0.4, 0.5) is 11.5 Å². The molecule has 110 valence electrons. The summed E-state index contributed by atoms with van der Waals surface area (Å²) < 4.78 is 0.508. The Hall–Kier alpha value is -1.37. The van der Waals surface area contributed by atoms with Crippen molar-refractivity contribution < 1.29 is 4.92 Å². The average molecular weight is 391 g/mol. The minimum absolute atomic E-state index is 0.0791. The highest BCUT2D eigenvalue weighted by molar-refractivity contribution is 9.10. The molecule has 0 saturated heterocycles. The number of nitrogens with zero attached hydrogens (tertiary/aromatic N) is 2. The van der Waals surface area contributed by atoms with Crippen LogP contribution in [0, 0.1) is 10.1 Å². The third kappa shape index (κ3) is 3.84. The second kappa shape index (κ2) is 6.60. The highest BCUT2D eigenvalue weighted by atomic mass is 79.9. The summed E-state index contributed by atoms with van der Waals surface area (Å²) in [5, 5.41) is 14.9. The van der Waals surface area contributed by atoms with Gasteiger partial charge in [0.25, 0.3) is 5.69 Å². The third-order valence-corrected chi connectivity index (χ3v) is 3.99. The number of anilines is 1. The maximum absolute atomic E-state index is 10.7. The highest BCUT2D eigenvalue weighted by Crippen LogP contribution is 2.31. The molecule has 0 amide bonds. The molecule has 1 unspecified atom stereocenters. The number of aromatic nitrogens is 1. The molecule has 1 atom stereocenters. The molecule has 1 aromatic carbocycles. The lowest BCUT2D eigenvalue weighted by molar-refractivity contribution is -0.385. The summed E-state index contributed by atoms with van der Waals surface area (Å²) in [4.78, 5) is 14.2. The van der Waals surface area contributed by atoms with Crippen molar-refractivity contribution in [1.82, 2.24) is 4.98 Å². The van der Waals surface area contributed by atoms with Crippen molar-refractivity contribution in [2.75, 3.05) is 5.32 Å². The summed E-state index contributed by atoms with van der Waals surface area (Å²) in [5.74, 6) is 0.499. The van der Waals surface area contributed by atoms with E-state index < -0.39 is 4.92 Å². The van der Waals surface area contributed by atoms with E-state index in [0.717, 1.165) is 5.56 Å². The van der Waals surface area contributed by atoms with Crippen LogP contribution in [-0.2, 0) is 0 Å². The summed E-state index contributed by atoms with van der Waals surface area (Å²) in [7, 11) is 0. The summed E-state index contributed by atoms with van der Waals surface area (Å²) >= 11 is 15.3. The van der Waals surface area contributed by atoms with Gasteiger partial charge in [-0.3, -0.25) is 10.1 Å². The Morgan fingerprint density at radius 2 is 2.10 bits per heavy atom. The topological polar surface area (TPSA) is 68.1 Å². The Balaban J connectivity index is 2.23. The van der Waals surface area contributed by atoms with Crippen LogP contribution in [0.15, 0.2) is 34.9 Å². The van der Waals surface area contributed by atoms with E-state index >= 15 is 0 Å². The monoisotopic (exact) mass is 389 g/mol. The fourth-order valence-corrected chi connectivity index (χ4v) is 2.79. The van der Waals surface area contributed by atoms with Crippen LogP contribution in [0.2, 0.25) is 10.0 Å². The number of pyridine rings is 1. The van der Waals surface area contributed by atoms with Crippen LogP contribution < -0.4 is 5.32 Å². The zero-order valence-corrected chi connectivity index (χ0v) is 13.9. The summed E-state index contributed by atoms with van der Waals surface area (Å²) in [6.07, 6.45) is 1.20. The minimum Gasteiger partial charge on any atom is -0.363 e. The molecule has 0 aliphatic carbocycles. The number of nitrogens with one attached hydrogen (secondary N) is 1. The first-order chi connectivity index (χ1) is 9.88.